The summed E-state index contributed by atoms with van der Waals surface area (Å²) in [7, 11) is 0. The molecule has 0 bridgehead atoms. The summed E-state index contributed by atoms with van der Waals surface area (Å²) in [6, 6.07) is 7.68. The summed E-state index contributed by atoms with van der Waals surface area (Å²) in [5.74, 6) is 0.857. The maximum Gasteiger partial charge on any atom is 0.120 e. The van der Waals surface area contributed by atoms with Crippen LogP contribution in [0.5, 0.6) is 5.75 Å². The van der Waals surface area contributed by atoms with Gasteiger partial charge in [0.25, 0.3) is 0 Å². The standard InChI is InChI=1S/C12H20N2O/c1-12(2,3)15-10-6-4-9(5-7-10)11(14)8-13/h4-7,11H,8,13-14H2,1-3H3/t11-/m0/s1. The lowest BCUT2D eigenvalue weighted by atomic mass is 10.1. The van der Waals surface area contributed by atoms with Gasteiger partial charge in [-0.25, -0.2) is 0 Å². The first-order valence-corrected chi connectivity index (χ1v) is 5.17. The zero-order chi connectivity index (χ0) is 11.5. The van der Waals surface area contributed by atoms with Gasteiger partial charge in [-0.3, -0.25) is 0 Å². The quantitative estimate of drug-likeness (QED) is 0.796. The normalized spacial score (nSPS) is 13.7. The predicted molar refractivity (Wildman–Crippen MR) is 62.8 cm³/mol. The maximum absolute atomic E-state index is 5.81. The molecule has 1 rings (SSSR count). The molecule has 3 nitrogen and oxygen atoms in total. The second-order valence-electron chi connectivity index (χ2n) is 4.63. The number of benzene rings is 1. The monoisotopic (exact) mass is 208 g/mol. The number of nitrogens with two attached hydrogens (primary N) is 2. The van der Waals surface area contributed by atoms with Crippen molar-refractivity contribution < 1.29 is 4.74 Å². The molecule has 0 radical (unpaired) electrons. The first-order valence-electron chi connectivity index (χ1n) is 5.17. The molecular formula is C12H20N2O. The van der Waals surface area contributed by atoms with Gasteiger partial charge >= 0.3 is 0 Å². The minimum absolute atomic E-state index is 0.0892. The van der Waals surface area contributed by atoms with Crippen molar-refractivity contribution in [3.8, 4) is 5.75 Å². The summed E-state index contributed by atoms with van der Waals surface area (Å²) in [4.78, 5) is 0. The van der Waals surface area contributed by atoms with Crippen LogP contribution in [0.3, 0.4) is 0 Å². The molecule has 0 aliphatic rings. The Hall–Kier alpha value is -1.06. The van der Waals surface area contributed by atoms with Gasteiger partial charge in [-0.15, -0.1) is 0 Å². The van der Waals surface area contributed by atoms with Crippen LogP contribution >= 0.6 is 0 Å². The van der Waals surface area contributed by atoms with Crippen molar-refractivity contribution in [2.45, 2.75) is 32.4 Å². The largest absolute Gasteiger partial charge is 0.488 e. The van der Waals surface area contributed by atoms with Gasteiger partial charge in [-0.2, -0.15) is 0 Å². The van der Waals surface area contributed by atoms with Crippen LogP contribution in [0.15, 0.2) is 24.3 Å². The fraction of sp³-hybridized carbons (Fsp3) is 0.500. The lowest BCUT2D eigenvalue weighted by molar-refractivity contribution is 0.131. The van der Waals surface area contributed by atoms with Crippen LogP contribution in [-0.4, -0.2) is 12.1 Å². The second kappa shape index (κ2) is 4.64. The summed E-state index contributed by atoms with van der Waals surface area (Å²) in [5, 5.41) is 0. The topological polar surface area (TPSA) is 61.3 Å². The summed E-state index contributed by atoms with van der Waals surface area (Å²) in [5.41, 5.74) is 12.2. The summed E-state index contributed by atoms with van der Waals surface area (Å²) in [6.07, 6.45) is 0. The molecule has 0 spiro atoms. The molecule has 0 aromatic heterocycles. The Labute approximate surface area is 91.4 Å². The highest BCUT2D eigenvalue weighted by molar-refractivity contribution is 5.29. The Morgan fingerprint density at radius 2 is 1.73 bits per heavy atom. The van der Waals surface area contributed by atoms with Crippen LogP contribution in [0, 0.1) is 0 Å². The summed E-state index contributed by atoms with van der Waals surface area (Å²) in [6.45, 7) is 6.52. The van der Waals surface area contributed by atoms with Gasteiger partial charge in [0, 0.05) is 12.6 Å². The fourth-order valence-electron chi connectivity index (χ4n) is 1.27. The van der Waals surface area contributed by atoms with Gasteiger partial charge in [0.05, 0.1) is 0 Å². The smallest absolute Gasteiger partial charge is 0.120 e. The molecule has 84 valence electrons. The lowest BCUT2D eigenvalue weighted by Gasteiger charge is -2.21. The fourth-order valence-corrected chi connectivity index (χ4v) is 1.27. The third kappa shape index (κ3) is 3.90. The van der Waals surface area contributed by atoms with Crippen LogP contribution in [0.4, 0.5) is 0 Å². The number of ether oxygens (including phenoxy) is 1. The van der Waals surface area contributed by atoms with E-state index in [9.17, 15) is 0 Å². The Morgan fingerprint density at radius 3 is 2.13 bits per heavy atom. The molecule has 0 heterocycles. The van der Waals surface area contributed by atoms with E-state index in [1.165, 1.54) is 0 Å². The van der Waals surface area contributed by atoms with E-state index in [4.69, 9.17) is 16.2 Å². The summed E-state index contributed by atoms with van der Waals surface area (Å²) >= 11 is 0. The highest BCUT2D eigenvalue weighted by Gasteiger charge is 2.11. The SMILES string of the molecule is CC(C)(C)Oc1ccc([C@@H](N)CN)cc1. The van der Waals surface area contributed by atoms with Gasteiger partial charge in [-0.05, 0) is 38.5 Å². The van der Waals surface area contributed by atoms with Crippen LogP contribution in [0.25, 0.3) is 0 Å². The highest BCUT2D eigenvalue weighted by Crippen LogP contribution is 2.20. The van der Waals surface area contributed by atoms with Crippen molar-refractivity contribution in [1.82, 2.24) is 0 Å². The average Bonchev–Trinajstić information content (AvgIpc) is 2.15. The van der Waals surface area contributed by atoms with Crippen LogP contribution in [0.2, 0.25) is 0 Å². The molecule has 1 atom stereocenters. The minimum Gasteiger partial charge on any atom is -0.488 e. The highest BCUT2D eigenvalue weighted by atomic mass is 16.5. The number of hydrogen-bond donors (Lipinski definition) is 2. The maximum atomic E-state index is 5.81. The predicted octanol–water partition coefficient (Wildman–Crippen LogP) is 1.82. The lowest BCUT2D eigenvalue weighted by Crippen LogP contribution is -2.23. The van der Waals surface area contributed by atoms with E-state index in [-0.39, 0.29) is 11.6 Å². The molecule has 0 unspecified atom stereocenters. The van der Waals surface area contributed by atoms with Crippen molar-refractivity contribution in [3.05, 3.63) is 29.8 Å². The van der Waals surface area contributed by atoms with Gasteiger partial charge < -0.3 is 16.2 Å². The van der Waals surface area contributed by atoms with E-state index in [2.05, 4.69) is 0 Å². The molecule has 0 saturated heterocycles. The average molecular weight is 208 g/mol. The third-order valence-electron chi connectivity index (χ3n) is 1.99. The minimum atomic E-state index is -0.169. The Bertz CT molecular complexity index is 300. The van der Waals surface area contributed by atoms with Crippen LogP contribution in [0.1, 0.15) is 32.4 Å². The van der Waals surface area contributed by atoms with E-state index in [1.54, 1.807) is 0 Å². The van der Waals surface area contributed by atoms with Gasteiger partial charge in [0.2, 0.25) is 0 Å². The zero-order valence-corrected chi connectivity index (χ0v) is 9.66. The molecule has 1 aromatic carbocycles. The van der Waals surface area contributed by atoms with E-state index in [1.807, 2.05) is 45.0 Å². The first-order chi connectivity index (χ1) is 6.92. The molecule has 0 aliphatic carbocycles. The molecular weight excluding hydrogens is 188 g/mol. The molecule has 4 N–H and O–H groups in total. The Balaban J connectivity index is 2.72. The molecule has 0 fully saturated rings. The van der Waals surface area contributed by atoms with Crippen LogP contribution < -0.4 is 16.2 Å². The first kappa shape index (κ1) is 12.0. The Kier molecular flexibility index (Phi) is 3.72. The van der Waals surface area contributed by atoms with Crippen molar-refractivity contribution in [2.24, 2.45) is 11.5 Å². The molecule has 3 heteroatoms. The van der Waals surface area contributed by atoms with Crippen molar-refractivity contribution >= 4 is 0 Å². The molecule has 1 aromatic rings. The zero-order valence-electron chi connectivity index (χ0n) is 9.66. The van der Waals surface area contributed by atoms with E-state index < -0.39 is 0 Å². The van der Waals surface area contributed by atoms with Crippen molar-refractivity contribution in [1.29, 1.82) is 0 Å². The van der Waals surface area contributed by atoms with E-state index in [0.717, 1.165) is 11.3 Å². The number of hydrogen-bond acceptors (Lipinski definition) is 3. The van der Waals surface area contributed by atoms with E-state index in [0.29, 0.717) is 6.54 Å². The molecule has 0 saturated carbocycles. The third-order valence-corrected chi connectivity index (χ3v) is 1.99. The van der Waals surface area contributed by atoms with Crippen molar-refractivity contribution in [3.63, 3.8) is 0 Å². The molecule has 0 aliphatic heterocycles. The Morgan fingerprint density at radius 1 is 1.20 bits per heavy atom. The van der Waals surface area contributed by atoms with Gasteiger partial charge in [0.1, 0.15) is 11.4 Å². The molecule has 0 amide bonds. The molecule has 15 heavy (non-hydrogen) atoms. The van der Waals surface area contributed by atoms with Crippen LogP contribution in [-0.2, 0) is 0 Å². The second-order valence-corrected chi connectivity index (χ2v) is 4.63. The van der Waals surface area contributed by atoms with Crippen molar-refractivity contribution in [2.75, 3.05) is 6.54 Å². The number of rotatable bonds is 3. The van der Waals surface area contributed by atoms with Gasteiger partial charge in [0.15, 0.2) is 0 Å². The van der Waals surface area contributed by atoms with Gasteiger partial charge in [-0.1, -0.05) is 12.1 Å². The summed E-state index contributed by atoms with van der Waals surface area (Å²) < 4.78 is 5.70. The van der Waals surface area contributed by atoms with E-state index >= 15 is 0 Å².